The Balaban J connectivity index is 2.05. The fourth-order valence-electron chi connectivity index (χ4n) is 2.23. The quantitative estimate of drug-likeness (QED) is 0.700. The van der Waals surface area contributed by atoms with Crippen LogP contribution in [0.25, 0.3) is 11.0 Å². The minimum atomic E-state index is -3.80. The topological polar surface area (TPSA) is 102 Å². The number of fused-ring (bicyclic) bond motifs is 1. The second-order valence-corrected chi connectivity index (χ2v) is 7.50. The highest BCUT2D eigenvalue weighted by atomic mass is 32.2. The van der Waals surface area contributed by atoms with Gasteiger partial charge < -0.3 is 5.32 Å². The van der Waals surface area contributed by atoms with E-state index in [-0.39, 0.29) is 16.8 Å². The summed E-state index contributed by atoms with van der Waals surface area (Å²) in [4.78, 5) is 9.03. The van der Waals surface area contributed by atoms with Gasteiger partial charge in [0.1, 0.15) is 4.90 Å². The number of aromatic nitrogens is 4. The van der Waals surface area contributed by atoms with Gasteiger partial charge in [-0.25, -0.2) is 18.4 Å². The summed E-state index contributed by atoms with van der Waals surface area (Å²) in [5.41, 5.74) is 1.30. The van der Waals surface area contributed by atoms with Crippen molar-refractivity contribution in [2.75, 3.05) is 10.0 Å². The van der Waals surface area contributed by atoms with Crippen LogP contribution in [-0.2, 0) is 17.1 Å². The molecule has 0 radical (unpaired) electrons. The van der Waals surface area contributed by atoms with E-state index in [2.05, 4.69) is 25.1 Å². The maximum atomic E-state index is 12.6. The number of nitrogens with zero attached hydrogens (tertiary/aromatic N) is 4. The highest BCUT2D eigenvalue weighted by Crippen LogP contribution is 2.25. The van der Waals surface area contributed by atoms with Crippen molar-refractivity contribution < 1.29 is 8.42 Å². The molecule has 0 spiro atoms. The van der Waals surface area contributed by atoms with Crippen LogP contribution in [0.4, 0.5) is 11.6 Å². The van der Waals surface area contributed by atoms with Crippen molar-refractivity contribution in [2.45, 2.75) is 31.2 Å². The Kier molecular flexibility index (Phi) is 4.58. The molecule has 0 saturated carbocycles. The molecule has 0 amide bonds. The highest BCUT2D eigenvalue weighted by molar-refractivity contribution is 7.92. The maximum Gasteiger partial charge on any atom is 0.266 e. The molecule has 1 atom stereocenters. The molecule has 2 heterocycles. The largest absolute Gasteiger partial charge is 0.365 e. The average Bonchev–Trinajstić information content (AvgIpc) is 3.02. The van der Waals surface area contributed by atoms with Crippen LogP contribution in [0.15, 0.2) is 41.6 Å². The van der Waals surface area contributed by atoms with Crippen LogP contribution < -0.4 is 10.0 Å². The van der Waals surface area contributed by atoms with Crippen molar-refractivity contribution in [1.82, 2.24) is 19.7 Å². The number of hydrogen-bond donors (Lipinski definition) is 2. The van der Waals surface area contributed by atoms with Crippen molar-refractivity contribution in [3.63, 3.8) is 0 Å². The Labute approximate surface area is 146 Å². The summed E-state index contributed by atoms with van der Waals surface area (Å²) in [6.07, 6.45) is 3.58. The predicted octanol–water partition coefficient (Wildman–Crippen LogP) is 2.37. The molecule has 0 saturated heterocycles. The molecule has 1 unspecified atom stereocenters. The lowest BCUT2D eigenvalue weighted by molar-refractivity contribution is 0.601. The first kappa shape index (κ1) is 17.2. The molecule has 0 aliphatic carbocycles. The van der Waals surface area contributed by atoms with E-state index >= 15 is 0 Å². The Morgan fingerprint density at radius 1 is 1.16 bits per heavy atom. The number of rotatable bonds is 6. The number of benzene rings is 1. The van der Waals surface area contributed by atoms with Crippen LogP contribution in [-0.4, -0.2) is 34.2 Å². The van der Waals surface area contributed by atoms with E-state index in [9.17, 15) is 8.42 Å². The molecule has 0 aliphatic heterocycles. The van der Waals surface area contributed by atoms with Crippen molar-refractivity contribution in [3.8, 4) is 0 Å². The standard InChI is InChI=1S/C16H20N6O2S/c1-4-11(2)18-15-16(20-14-8-6-5-7-13(14)19-15)21-25(23,24)12-9-17-22(3)10-12/h5-11H,4H2,1-3H3,(H,18,19)(H,20,21). The molecular weight excluding hydrogens is 340 g/mol. The lowest BCUT2D eigenvalue weighted by Gasteiger charge is -2.16. The van der Waals surface area contributed by atoms with Gasteiger partial charge in [-0.3, -0.25) is 9.40 Å². The average molecular weight is 360 g/mol. The van der Waals surface area contributed by atoms with Crippen LogP contribution in [0.1, 0.15) is 20.3 Å². The Morgan fingerprint density at radius 3 is 2.36 bits per heavy atom. The molecular formula is C16H20N6O2S. The molecule has 2 N–H and O–H groups in total. The Morgan fingerprint density at radius 2 is 1.80 bits per heavy atom. The first-order chi connectivity index (χ1) is 11.9. The van der Waals surface area contributed by atoms with Crippen molar-refractivity contribution in [3.05, 3.63) is 36.7 Å². The van der Waals surface area contributed by atoms with E-state index in [1.54, 1.807) is 13.1 Å². The first-order valence-corrected chi connectivity index (χ1v) is 9.42. The lowest BCUT2D eigenvalue weighted by Crippen LogP contribution is -2.20. The van der Waals surface area contributed by atoms with Crippen molar-refractivity contribution >= 4 is 32.7 Å². The van der Waals surface area contributed by atoms with Gasteiger partial charge in [0.2, 0.25) is 0 Å². The summed E-state index contributed by atoms with van der Waals surface area (Å²) >= 11 is 0. The fourth-order valence-corrected chi connectivity index (χ4v) is 3.22. The number of para-hydroxylation sites is 2. The second-order valence-electron chi connectivity index (χ2n) is 5.82. The zero-order valence-electron chi connectivity index (χ0n) is 14.3. The van der Waals surface area contributed by atoms with Gasteiger partial charge in [-0.15, -0.1) is 0 Å². The Bertz CT molecular complexity index is 999. The van der Waals surface area contributed by atoms with Gasteiger partial charge >= 0.3 is 0 Å². The summed E-state index contributed by atoms with van der Waals surface area (Å²) in [5.74, 6) is 0.573. The molecule has 1 aromatic carbocycles. The van der Waals surface area contributed by atoms with Gasteiger partial charge in [-0.1, -0.05) is 19.1 Å². The molecule has 9 heteroatoms. The van der Waals surface area contributed by atoms with Gasteiger partial charge in [0.25, 0.3) is 10.0 Å². The smallest absolute Gasteiger partial charge is 0.266 e. The van der Waals surface area contributed by atoms with E-state index < -0.39 is 10.0 Å². The highest BCUT2D eigenvalue weighted by Gasteiger charge is 2.20. The minimum Gasteiger partial charge on any atom is -0.365 e. The van der Waals surface area contributed by atoms with E-state index in [1.165, 1.54) is 17.1 Å². The summed E-state index contributed by atoms with van der Waals surface area (Å²) in [6, 6.07) is 7.44. The van der Waals surface area contributed by atoms with E-state index in [0.717, 1.165) is 6.42 Å². The van der Waals surface area contributed by atoms with Gasteiger partial charge in [0.15, 0.2) is 11.6 Å². The summed E-state index contributed by atoms with van der Waals surface area (Å²) in [6.45, 7) is 4.03. The summed E-state index contributed by atoms with van der Waals surface area (Å²) < 4.78 is 29.1. The molecule has 3 aromatic rings. The summed E-state index contributed by atoms with van der Waals surface area (Å²) in [5, 5.41) is 7.11. The van der Waals surface area contributed by atoms with Gasteiger partial charge in [0.05, 0.1) is 17.2 Å². The number of nitrogens with one attached hydrogen (secondary N) is 2. The third-order valence-corrected chi connectivity index (χ3v) is 5.08. The van der Waals surface area contributed by atoms with Crippen LogP contribution in [0.2, 0.25) is 0 Å². The first-order valence-electron chi connectivity index (χ1n) is 7.94. The van der Waals surface area contributed by atoms with E-state index in [4.69, 9.17) is 0 Å². The van der Waals surface area contributed by atoms with E-state index in [0.29, 0.717) is 16.9 Å². The van der Waals surface area contributed by atoms with Crippen LogP contribution in [0.5, 0.6) is 0 Å². The zero-order valence-corrected chi connectivity index (χ0v) is 15.1. The van der Waals surface area contributed by atoms with Crippen LogP contribution >= 0.6 is 0 Å². The minimum absolute atomic E-state index is 0.0689. The molecule has 25 heavy (non-hydrogen) atoms. The third kappa shape index (κ3) is 3.71. The second kappa shape index (κ2) is 6.67. The molecule has 0 aliphatic rings. The van der Waals surface area contributed by atoms with Gasteiger partial charge in [0, 0.05) is 19.3 Å². The fraction of sp³-hybridized carbons (Fsp3) is 0.312. The number of aryl methyl sites for hydroxylation is 1. The Hall–Kier alpha value is -2.68. The summed E-state index contributed by atoms with van der Waals surface area (Å²) in [7, 11) is -2.14. The molecule has 2 aromatic heterocycles. The number of anilines is 2. The van der Waals surface area contributed by atoms with Crippen molar-refractivity contribution in [1.29, 1.82) is 0 Å². The van der Waals surface area contributed by atoms with Crippen molar-refractivity contribution in [2.24, 2.45) is 7.05 Å². The lowest BCUT2D eigenvalue weighted by atomic mass is 10.2. The molecule has 0 fully saturated rings. The molecule has 0 bridgehead atoms. The normalized spacial score (nSPS) is 12.9. The van der Waals surface area contributed by atoms with Gasteiger partial charge in [-0.2, -0.15) is 5.10 Å². The number of sulfonamides is 1. The maximum absolute atomic E-state index is 12.6. The number of hydrogen-bond acceptors (Lipinski definition) is 6. The van der Waals surface area contributed by atoms with Gasteiger partial charge in [-0.05, 0) is 25.5 Å². The monoisotopic (exact) mass is 360 g/mol. The molecule has 132 valence electrons. The predicted molar refractivity (Wildman–Crippen MR) is 96.9 cm³/mol. The van der Waals surface area contributed by atoms with E-state index in [1.807, 2.05) is 32.0 Å². The SMILES string of the molecule is CCC(C)Nc1nc2ccccc2nc1NS(=O)(=O)c1cnn(C)c1. The third-order valence-electron chi connectivity index (χ3n) is 3.79. The van der Waals surface area contributed by atoms with Crippen LogP contribution in [0.3, 0.4) is 0 Å². The van der Waals surface area contributed by atoms with Crippen LogP contribution in [0, 0.1) is 0 Å². The molecule has 8 nitrogen and oxygen atoms in total. The zero-order chi connectivity index (χ0) is 18.0. The molecule has 3 rings (SSSR count).